The molecule has 2 N–H and O–H groups in total. The van der Waals surface area contributed by atoms with E-state index in [1.54, 1.807) is 0 Å². The number of H-pyrrole nitrogens is 2. The fraction of sp³-hybridized carbons (Fsp3) is 0.404. The number of aromatic nitrogens is 8. The van der Waals surface area contributed by atoms with E-state index in [-0.39, 0.29) is 18.3 Å². The lowest BCUT2D eigenvalue weighted by atomic mass is 9.79. The van der Waals surface area contributed by atoms with Crippen LogP contribution in [-0.2, 0) is 9.31 Å². The topological polar surface area (TPSA) is 111 Å². The Hall–Kier alpha value is -3.57. The Balaban J connectivity index is 0.000000156. The summed E-state index contributed by atoms with van der Waals surface area (Å²) in [6.07, 6.45) is 15.6. The van der Waals surface area contributed by atoms with Crippen molar-refractivity contribution in [3.63, 3.8) is 0 Å². The monoisotopic (exact) mass is 1060 g/mol. The average molecular weight is 1070 g/mol. The number of rotatable bonds is 3. The van der Waals surface area contributed by atoms with E-state index in [4.69, 9.17) is 9.31 Å². The van der Waals surface area contributed by atoms with Gasteiger partial charge in [0.25, 0.3) is 0 Å². The molecule has 0 radical (unpaired) electrons. The smallest absolute Gasteiger partial charge is 0.399 e. The maximum atomic E-state index is 6.23. The molecule has 1 aliphatic heterocycles. The SMILES string of the molecule is CC(C)I.Cc1cnc2[nH]cc(Br)c2c1.Cc1cnc2[nH]ccc2c1.Cc1cnc2c(c1)c(B1OC(C)(C)C(C)(C)O1)cn2C(C)C.Cc1cnc2c(c1)c(Br)cn2C(C)C. The third-order valence-corrected chi connectivity index (χ3v) is 11.7. The zero-order valence-corrected chi connectivity index (χ0v) is 43.3. The van der Waals surface area contributed by atoms with Crippen molar-refractivity contribution in [1.82, 2.24) is 39.0 Å². The standard InChI is InChI=1S/C17H25BN2O2.C11H13BrN2.C8H7BrN2.C8H8N2.C3H7I/c1-11(2)20-10-14(13-8-12(3)9-19-15(13)20)18-21-16(4,5)17(6,7)22-18;1-7(2)14-6-10(12)9-4-8(3)5-13-11(9)14;1-5-2-6-7(9)4-11-8(6)10-3-5;1-6-4-7-2-3-9-8(7)10-5-6;1-3(2)4/h8-11H,1-7H3;4-7H,1-3H3;2-4H,1H3,(H,10,11);2-5H,1H3,(H,9,10);3H,1-2H3. The summed E-state index contributed by atoms with van der Waals surface area (Å²) >= 11 is 9.33. The van der Waals surface area contributed by atoms with E-state index in [2.05, 4.69) is 213 Å². The number of nitrogens with zero attached hydrogens (tertiary/aromatic N) is 6. The number of hydrogen-bond acceptors (Lipinski definition) is 6. The first-order chi connectivity index (χ1) is 28.6. The minimum atomic E-state index is -0.351. The van der Waals surface area contributed by atoms with Crippen LogP contribution in [0.4, 0.5) is 0 Å². The number of nitrogens with one attached hydrogen (secondary N) is 2. The van der Waals surface area contributed by atoms with Gasteiger partial charge in [-0.2, -0.15) is 0 Å². The summed E-state index contributed by atoms with van der Waals surface area (Å²) in [6.45, 7) is 29.5. The molecule has 9 rings (SSSR count). The lowest BCUT2D eigenvalue weighted by molar-refractivity contribution is 0.00578. The third kappa shape index (κ3) is 11.9. The molecule has 14 heteroatoms. The molecule has 0 saturated carbocycles. The van der Waals surface area contributed by atoms with Crippen LogP contribution >= 0.6 is 54.5 Å². The van der Waals surface area contributed by atoms with E-state index < -0.39 is 0 Å². The molecular formula is C47H60BBr2IN8O2. The van der Waals surface area contributed by atoms with Gasteiger partial charge in [-0.25, -0.2) is 19.9 Å². The van der Waals surface area contributed by atoms with E-state index in [0.717, 1.165) is 57.3 Å². The van der Waals surface area contributed by atoms with Crippen molar-refractivity contribution in [3.05, 3.63) is 111 Å². The molecular weight excluding hydrogens is 1010 g/mol. The van der Waals surface area contributed by atoms with E-state index in [0.29, 0.717) is 12.1 Å². The number of aromatic amines is 2. The first-order valence-corrected chi connectivity index (χ1v) is 23.5. The Bertz CT molecular complexity index is 2700. The molecule has 0 amide bonds. The van der Waals surface area contributed by atoms with Gasteiger partial charge in [0.05, 0.1) is 11.2 Å². The second-order valence-electron chi connectivity index (χ2n) is 17.4. The highest BCUT2D eigenvalue weighted by Gasteiger charge is 2.52. The Morgan fingerprint density at radius 3 is 1.64 bits per heavy atom. The third-order valence-electron chi connectivity index (χ3n) is 10.4. The summed E-state index contributed by atoms with van der Waals surface area (Å²) in [5.41, 5.74) is 9.06. The summed E-state index contributed by atoms with van der Waals surface area (Å²) < 4.78 is 19.8. The van der Waals surface area contributed by atoms with Gasteiger partial charge in [-0.15, -0.1) is 0 Å². The molecule has 10 nitrogen and oxygen atoms in total. The van der Waals surface area contributed by atoms with Gasteiger partial charge in [0, 0.05) is 102 Å². The van der Waals surface area contributed by atoms with Crippen molar-refractivity contribution < 1.29 is 9.31 Å². The van der Waals surface area contributed by atoms with Crippen LogP contribution in [-0.4, -0.2) is 61.3 Å². The van der Waals surface area contributed by atoms with Crippen molar-refractivity contribution >= 4 is 111 Å². The Morgan fingerprint density at radius 1 is 0.623 bits per heavy atom. The zero-order chi connectivity index (χ0) is 45.0. The van der Waals surface area contributed by atoms with E-state index in [9.17, 15) is 0 Å². The van der Waals surface area contributed by atoms with Crippen molar-refractivity contribution in [2.45, 2.75) is 124 Å². The van der Waals surface area contributed by atoms with E-state index in [1.807, 2.05) is 57.1 Å². The molecule has 9 heterocycles. The fourth-order valence-corrected chi connectivity index (χ4v) is 7.46. The largest absolute Gasteiger partial charge is 0.497 e. The van der Waals surface area contributed by atoms with Crippen LogP contribution in [0.5, 0.6) is 0 Å². The molecule has 61 heavy (non-hydrogen) atoms. The zero-order valence-electron chi connectivity index (χ0n) is 37.9. The second-order valence-corrected chi connectivity index (χ2v) is 21.6. The van der Waals surface area contributed by atoms with Crippen molar-refractivity contribution in [3.8, 4) is 0 Å². The van der Waals surface area contributed by atoms with Gasteiger partial charge in [0.2, 0.25) is 0 Å². The Labute approximate surface area is 392 Å². The predicted molar refractivity (Wildman–Crippen MR) is 272 cm³/mol. The number of halogens is 3. The van der Waals surface area contributed by atoms with Crippen LogP contribution in [0.25, 0.3) is 44.1 Å². The van der Waals surface area contributed by atoms with Gasteiger partial charge in [0.1, 0.15) is 22.6 Å². The van der Waals surface area contributed by atoms with E-state index >= 15 is 0 Å². The first kappa shape index (κ1) is 48.5. The maximum Gasteiger partial charge on any atom is 0.497 e. The van der Waals surface area contributed by atoms with Gasteiger partial charge in [-0.3, -0.25) is 0 Å². The van der Waals surface area contributed by atoms with Gasteiger partial charge >= 0.3 is 7.12 Å². The molecule has 0 aliphatic carbocycles. The quantitative estimate of drug-likeness (QED) is 0.104. The van der Waals surface area contributed by atoms with Gasteiger partial charge < -0.3 is 28.4 Å². The predicted octanol–water partition coefficient (Wildman–Crippen LogP) is 13.2. The van der Waals surface area contributed by atoms with Gasteiger partial charge in [-0.05, 0) is 168 Å². The van der Waals surface area contributed by atoms with Crippen molar-refractivity contribution in [2.75, 3.05) is 0 Å². The first-order valence-electron chi connectivity index (χ1n) is 20.7. The van der Waals surface area contributed by atoms with E-state index in [1.165, 1.54) is 27.5 Å². The minimum Gasteiger partial charge on any atom is -0.399 e. The lowest BCUT2D eigenvalue weighted by Gasteiger charge is -2.32. The van der Waals surface area contributed by atoms with Crippen LogP contribution in [0.15, 0.2) is 88.9 Å². The number of hydrogen-bond donors (Lipinski definition) is 2. The molecule has 1 aliphatic rings. The van der Waals surface area contributed by atoms with Crippen LogP contribution < -0.4 is 5.46 Å². The molecule has 8 aromatic rings. The Morgan fingerprint density at radius 2 is 1.08 bits per heavy atom. The highest BCUT2D eigenvalue weighted by atomic mass is 127. The summed E-state index contributed by atoms with van der Waals surface area (Å²) in [5, 5.41) is 4.64. The molecule has 1 fully saturated rings. The number of pyridine rings is 4. The molecule has 0 spiro atoms. The van der Waals surface area contributed by atoms with Crippen LogP contribution in [0, 0.1) is 27.7 Å². The van der Waals surface area contributed by atoms with Crippen LogP contribution in [0.2, 0.25) is 0 Å². The Kier molecular flexibility index (Phi) is 16.1. The second kappa shape index (κ2) is 20.3. The lowest BCUT2D eigenvalue weighted by Crippen LogP contribution is -2.41. The molecule has 324 valence electrons. The van der Waals surface area contributed by atoms with Gasteiger partial charge in [-0.1, -0.05) is 36.4 Å². The van der Waals surface area contributed by atoms with Crippen molar-refractivity contribution in [2.24, 2.45) is 0 Å². The number of aryl methyl sites for hydroxylation is 4. The normalized spacial score (nSPS) is 14.2. The number of alkyl halides is 1. The summed E-state index contributed by atoms with van der Waals surface area (Å²) in [5.74, 6) is 0. The molecule has 0 bridgehead atoms. The fourth-order valence-electron chi connectivity index (χ4n) is 6.53. The van der Waals surface area contributed by atoms with Crippen LogP contribution in [0.1, 0.15) is 104 Å². The van der Waals surface area contributed by atoms with Crippen molar-refractivity contribution in [1.29, 1.82) is 0 Å². The van der Waals surface area contributed by atoms with Crippen LogP contribution in [0.3, 0.4) is 0 Å². The highest BCUT2D eigenvalue weighted by Crippen LogP contribution is 2.37. The maximum absolute atomic E-state index is 6.23. The highest BCUT2D eigenvalue weighted by molar-refractivity contribution is 14.1. The summed E-state index contributed by atoms with van der Waals surface area (Å²) in [7, 11) is -0.351. The molecule has 0 atom stereocenters. The summed E-state index contributed by atoms with van der Waals surface area (Å²) in [6, 6.07) is 11.3. The van der Waals surface area contributed by atoms with Gasteiger partial charge in [0.15, 0.2) is 0 Å². The molecule has 0 unspecified atom stereocenters. The summed E-state index contributed by atoms with van der Waals surface area (Å²) in [4.78, 5) is 23.6. The average Bonchev–Trinajstić information content (AvgIpc) is 3.99. The minimum absolute atomic E-state index is 0.332. The molecule has 8 aromatic heterocycles. The molecule has 1 saturated heterocycles. The number of fused-ring (bicyclic) bond motifs is 4. The molecule has 0 aromatic carbocycles.